The molecule has 3 unspecified atom stereocenters. The Bertz CT molecular complexity index is 424. The van der Waals surface area contributed by atoms with E-state index in [1.807, 2.05) is 30.7 Å². The van der Waals surface area contributed by atoms with Gasteiger partial charge < -0.3 is 5.11 Å². The largest absolute Gasteiger partial charge is 0.480 e. The molecule has 1 N–H and O–H groups in total. The SMILES string of the molecule is CC(C)CC(C)N1CC=CCN(C(CC(C)C)C(=O)O)[PH]1=O. The zero-order valence-electron chi connectivity index (χ0n) is 14.5. The average Bonchev–Trinajstić information content (AvgIpc) is 2.56. The first kappa shape index (κ1) is 19.4. The van der Waals surface area contributed by atoms with E-state index in [0.717, 1.165) is 6.42 Å². The third kappa shape index (κ3) is 5.53. The van der Waals surface area contributed by atoms with Crippen LogP contribution in [0.4, 0.5) is 0 Å². The maximum Gasteiger partial charge on any atom is 0.321 e. The Hall–Kier alpha value is -0.640. The summed E-state index contributed by atoms with van der Waals surface area (Å²) in [7, 11) is -2.27. The first-order valence-electron chi connectivity index (χ1n) is 8.19. The van der Waals surface area contributed by atoms with Crippen molar-refractivity contribution in [1.82, 2.24) is 9.34 Å². The quantitative estimate of drug-likeness (QED) is 0.572. The van der Waals surface area contributed by atoms with Crippen LogP contribution in [0.3, 0.4) is 0 Å². The number of carboxylic acids is 1. The summed E-state index contributed by atoms with van der Waals surface area (Å²) in [5.41, 5.74) is 0. The highest BCUT2D eigenvalue weighted by Crippen LogP contribution is 2.39. The summed E-state index contributed by atoms with van der Waals surface area (Å²) >= 11 is 0. The van der Waals surface area contributed by atoms with E-state index in [0.29, 0.717) is 25.4 Å². The van der Waals surface area contributed by atoms with Gasteiger partial charge in [-0.2, -0.15) is 0 Å². The summed E-state index contributed by atoms with van der Waals surface area (Å²) in [6, 6.07) is -0.493. The zero-order chi connectivity index (χ0) is 16.9. The standard InChI is InChI=1S/C16H31N2O3P/c1-12(2)10-14(5)17-8-6-7-9-18(22(17)21)15(16(19)20)11-13(3)4/h6-7,12-15,22H,8-11H2,1-5H3,(H,19,20). The van der Waals surface area contributed by atoms with Gasteiger partial charge in [-0.05, 0) is 31.6 Å². The lowest BCUT2D eigenvalue weighted by Gasteiger charge is -2.35. The third-order valence-electron chi connectivity index (χ3n) is 3.96. The Morgan fingerprint density at radius 2 is 1.55 bits per heavy atom. The van der Waals surface area contributed by atoms with Crippen molar-refractivity contribution in [2.24, 2.45) is 11.8 Å². The van der Waals surface area contributed by atoms with Gasteiger partial charge in [-0.15, -0.1) is 0 Å². The third-order valence-corrected chi connectivity index (χ3v) is 6.06. The summed E-state index contributed by atoms with van der Waals surface area (Å²) in [5, 5.41) is 9.55. The molecule has 3 atom stereocenters. The van der Waals surface area contributed by atoms with E-state index < -0.39 is 20.1 Å². The summed E-state index contributed by atoms with van der Waals surface area (Å²) < 4.78 is 16.7. The molecule has 1 rings (SSSR count). The number of hydrogen-bond donors (Lipinski definition) is 1. The van der Waals surface area contributed by atoms with Gasteiger partial charge in [-0.25, -0.2) is 9.34 Å². The highest BCUT2D eigenvalue weighted by atomic mass is 31.1. The second-order valence-corrected chi connectivity index (χ2v) is 8.73. The minimum Gasteiger partial charge on any atom is -0.480 e. The molecule has 1 aliphatic rings. The van der Waals surface area contributed by atoms with Gasteiger partial charge in [0, 0.05) is 19.1 Å². The van der Waals surface area contributed by atoms with Crippen LogP contribution in [-0.2, 0) is 9.36 Å². The van der Waals surface area contributed by atoms with Crippen LogP contribution in [0.5, 0.6) is 0 Å². The minimum atomic E-state index is -2.27. The fourth-order valence-corrected chi connectivity index (χ4v) is 4.76. The topological polar surface area (TPSA) is 60.9 Å². The van der Waals surface area contributed by atoms with Crippen LogP contribution in [0, 0.1) is 11.8 Å². The van der Waals surface area contributed by atoms with Crippen LogP contribution in [0.15, 0.2) is 12.2 Å². The molecule has 0 aliphatic carbocycles. The van der Waals surface area contributed by atoms with Crippen molar-refractivity contribution in [3.8, 4) is 0 Å². The highest BCUT2D eigenvalue weighted by molar-refractivity contribution is 7.39. The second kappa shape index (κ2) is 8.85. The van der Waals surface area contributed by atoms with Gasteiger partial charge in [0.05, 0.1) is 0 Å². The number of aliphatic carboxylic acids is 1. The predicted octanol–water partition coefficient (Wildman–Crippen LogP) is 3.48. The molecule has 0 saturated heterocycles. The summed E-state index contributed by atoms with van der Waals surface area (Å²) in [4.78, 5) is 11.6. The van der Waals surface area contributed by atoms with E-state index in [1.165, 1.54) is 0 Å². The number of carboxylic acid groups (broad SMARTS) is 1. The van der Waals surface area contributed by atoms with E-state index in [1.54, 1.807) is 4.67 Å². The predicted molar refractivity (Wildman–Crippen MR) is 91.3 cm³/mol. The van der Waals surface area contributed by atoms with Crippen molar-refractivity contribution < 1.29 is 14.5 Å². The summed E-state index contributed by atoms with van der Waals surface area (Å²) in [6.07, 6.45) is 5.43. The first-order valence-corrected chi connectivity index (χ1v) is 9.49. The minimum absolute atomic E-state index is 0.185. The maximum absolute atomic E-state index is 13.0. The molecular formula is C16H31N2O3P. The van der Waals surface area contributed by atoms with Crippen molar-refractivity contribution in [2.75, 3.05) is 13.1 Å². The van der Waals surface area contributed by atoms with E-state index in [2.05, 4.69) is 20.8 Å². The van der Waals surface area contributed by atoms with E-state index in [4.69, 9.17) is 0 Å². The lowest BCUT2D eigenvalue weighted by atomic mass is 10.0. The Morgan fingerprint density at radius 3 is 2.00 bits per heavy atom. The molecule has 22 heavy (non-hydrogen) atoms. The molecule has 1 heterocycles. The number of hydrogen-bond acceptors (Lipinski definition) is 2. The van der Waals surface area contributed by atoms with E-state index >= 15 is 0 Å². The lowest BCUT2D eigenvalue weighted by molar-refractivity contribution is -0.142. The number of carbonyl (C=O) groups is 1. The lowest BCUT2D eigenvalue weighted by Crippen LogP contribution is -2.41. The van der Waals surface area contributed by atoms with Gasteiger partial charge in [0.15, 0.2) is 0 Å². The molecule has 6 heteroatoms. The van der Waals surface area contributed by atoms with Crippen LogP contribution in [0.25, 0.3) is 0 Å². The highest BCUT2D eigenvalue weighted by Gasteiger charge is 2.34. The Labute approximate surface area is 135 Å². The number of nitrogens with zero attached hydrogens (tertiary/aromatic N) is 2. The fourth-order valence-electron chi connectivity index (χ4n) is 2.94. The molecular weight excluding hydrogens is 299 g/mol. The van der Waals surface area contributed by atoms with Crippen molar-refractivity contribution in [3.63, 3.8) is 0 Å². The van der Waals surface area contributed by atoms with E-state index in [9.17, 15) is 14.5 Å². The van der Waals surface area contributed by atoms with Gasteiger partial charge >= 0.3 is 5.97 Å². The molecule has 0 aromatic carbocycles. The molecule has 0 bridgehead atoms. The molecule has 1 aliphatic heterocycles. The second-order valence-electron chi connectivity index (χ2n) is 7.02. The molecule has 128 valence electrons. The molecule has 0 aromatic rings. The molecule has 5 nitrogen and oxygen atoms in total. The van der Waals surface area contributed by atoms with Crippen LogP contribution < -0.4 is 0 Å². The van der Waals surface area contributed by atoms with Crippen molar-refractivity contribution in [2.45, 2.75) is 59.5 Å². The zero-order valence-corrected chi connectivity index (χ0v) is 15.5. The van der Waals surface area contributed by atoms with Crippen molar-refractivity contribution in [3.05, 3.63) is 12.2 Å². The van der Waals surface area contributed by atoms with Gasteiger partial charge in [0.1, 0.15) is 6.04 Å². The van der Waals surface area contributed by atoms with Crippen LogP contribution in [-0.4, -0.2) is 45.6 Å². The summed E-state index contributed by atoms with van der Waals surface area (Å²) in [5.74, 6) is -0.0973. The number of rotatable bonds is 7. The molecule has 0 fully saturated rings. The smallest absolute Gasteiger partial charge is 0.321 e. The monoisotopic (exact) mass is 330 g/mol. The van der Waals surface area contributed by atoms with Gasteiger partial charge in [0.2, 0.25) is 8.10 Å². The Morgan fingerprint density at radius 1 is 1.05 bits per heavy atom. The maximum atomic E-state index is 13.0. The normalized spacial score (nSPS) is 23.7. The molecule has 0 radical (unpaired) electrons. The van der Waals surface area contributed by atoms with E-state index in [-0.39, 0.29) is 12.0 Å². The molecule has 0 amide bonds. The summed E-state index contributed by atoms with van der Waals surface area (Å²) in [6.45, 7) is 11.5. The van der Waals surface area contributed by atoms with Crippen LogP contribution in [0.2, 0.25) is 0 Å². The molecule has 0 saturated carbocycles. The first-order chi connectivity index (χ1) is 10.2. The average molecular weight is 330 g/mol. The Kier molecular flexibility index (Phi) is 7.81. The van der Waals surface area contributed by atoms with Crippen molar-refractivity contribution >= 4 is 14.1 Å². The Balaban J connectivity index is 2.96. The van der Waals surface area contributed by atoms with Gasteiger partial charge in [-0.3, -0.25) is 9.36 Å². The molecule has 0 spiro atoms. The van der Waals surface area contributed by atoms with Crippen molar-refractivity contribution in [1.29, 1.82) is 0 Å². The fraction of sp³-hybridized carbons (Fsp3) is 0.812. The van der Waals surface area contributed by atoms with Crippen LogP contribution >= 0.6 is 8.10 Å². The van der Waals surface area contributed by atoms with Crippen LogP contribution in [0.1, 0.15) is 47.5 Å². The molecule has 0 aromatic heterocycles. The van der Waals surface area contributed by atoms with Gasteiger partial charge in [0.25, 0.3) is 0 Å². The van der Waals surface area contributed by atoms with Gasteiger partial charge in [-0.1, -0.05) is 39.8 Å².